The van der Waals surface area contributed by atoms with Crippen LogP contribution in [0.2, 0.25) is 0 Å². The molecule has 4 fully saturated rings. The van der Waals surface area contributed by atoms with Crippen LogP contribution < -0.4 is 0 Å². The van der Waals surface area contributed by atoms with E-state index in [9.17, 15) is 38.6 Å². The van der Waals surface area contributed by atoms with Gasteiger partial charge in [-0.15, -0.1) is 0 Å². The molecular formula is C58H55O18P3. The van der Waals surface area contributed by atoms with E-state index in [1.807, 2.05) is 78.9 Å². The van der Waals surface area contributed by atoms with Crippen molar-refractivity contribution in [3.05, 3.63) is 132 Å². The highest BCUT2D eigenvalue weighted by Gasteiger charge is 2.46. The fourth-order valence-corrected chi connectivity index (χ4v) is 14.0. The average Bonchev–Trinajstić information content (AvgIpc) is 4.38. The number of phosphoric ester groups is 3. The van der Waals surface area contributed by atoms with Gasteiger partial charge in [0.05, 0.1) is 32.5 Å². The molecule has 18 nitrogen and oxygen atoms in total. The van der Waals surface area contributed by atoms with E-state index in [0.29, 0.717) is 17.5 Å². The number of aliphatic hydroxyl groups excluding tert-OH is 2. The Morgan fingerprint density at radius 2 is 1.00 bits per heavy atom. The number of phosphoric acid groups is 3. The summed E-state index contributed by atoms with van der Waals surface area (Å²) in [5, 5.41) is 32.7. The minimum atomic E-state index is -5.13. The van der Waals surface area contributed by atoms with Crippen molar-refractivity contribution in [3.8, 4) is 23.7 Å². The molecule has 0 aromatic heterocycles. The van der Waals surface area contributed by atoms with Crippen LogP contribution in [0.3, 0.4) is 0 Å². The van der Waals surface area contributed by atoms with Gasteiger partial charge in [0, 0.05) is 43.6 Å². The first-order valence-corrected chi connectivity index (χ1v) is 30.5. The predicted molar refractivity (Wildman–Crippen MR) is 293 cm³/mol. The lowest BCUT2D eigenvalue weighted by Crippen LogP contribution is -2.31. The van der Waals surface area contributed by atoms with Gasteiger partial charge >= 0.3 is 23.5 Å². The van der Waals surface area contributed by atoms with E-state index in [-0.39, 0.29) is 32.5 Å². The van der Waals surface area contributed by atoms with Crippen LogP contribution in [-0.2, 0) is 59.8 Å². The van der Waals surface area contributed by atoms with Crippen LogP contribution in [0.1, 0.15) is 36.8 Å². The van der Waals surface area contributed by atoms with Crippen molar-refractivity contribution in [2.45, 2.75) is 86.7 Å². The van der Waals surface area contributed by atoms with E-state index in [2.05, 4.69) is 66.1 Å². The maximum Gasteiger partial charge on any atom is 0.472 e. The summed E-state index contributed by atoms with van der Waals surface area (Å²) in [7, 11) is -14.8. The van der Waals surface area contributed by atoms with Gasteiger partial charge in [0.1, 0.15) is 54.9 Å². The number of rotatable bonds is 16. The summed E-state index contributed by atoms with van der Waals surface area (Å²) in [5.41, 5.74) is 1.36. The average molecular weight is 1130 g/mol. The summed E-state index contributed by atoms with van der Waals surface area (Å²) < 4.78 is 96.8. The Hall–Kier alpha value is -5.21. The summed E-state index contributed by atoms with van der Waals surface area (Å²) in [5.74, 6) is 12.6. The maximum absolute atomic E-state index is 14.0. The van der Waals surface area contributed by atoms with Crippen LogP contribution >= 0.6 is 23.5 Å². The first-order chi connectivity index (χ1) is 38.1. The molecular weight excluding hydrogens is 1080 g/mol. The van der Waals surface area contributed by atoms with Crippen LogP contribution in [0.5, 0.6) is 0 Å². The van der Waals surface area contributed by atoms with Gasteiger partial charge in [-0.2, -0.15) is 0 Å². The molecule has 79 heavy (non-hydrogen) atoms. The molecule has 13 atom stereocenters. The van der Waals surface area contributed by atoms with E-state index in [0.717, 1.165) is 59.2 Å². The largest absolute Gasteiger partial charge is 0.472 e. The number of fused-ring (bicyclic) bond motifs is 4. The van der Waals surface area contributed by atoms with E-state index in [1.54, 1.807) is 0 Å². The molecule has 8 aromatic rings. The molecule has 4 saturated heterocycles. The van der Waals surface area contributed by atoms with E-state index in [1.165, 1.54) is 5.39 Å². The molecule has 4 aliphatic heterocycles. The Balaban J connectivity index is 0.779. The fourth-order valence-electron chi connectivity index (χ4n) is 11.1. The monoisotopic (exact) mass is 1130 g/mol. The lowest BCUT2D eigenvalue weighted by molar-refractivity contribution is -0.0363. The van der Waals surface area contributed by atoms with Crippen molar-refractivity contribution in [2.75, 3.05) is 39.6 Å². The molecule has 21 heteroatoms. The Bertz CT molecular complexity index is 3820. The zero-order valence-electron chi connectivity index (χ0n) is 42.3. The van der Waals surface area contributed by atoms with E-state index in [4.69, 9.17) is 46.1 Å². The highest BCUT2D eigenvalue weighted by Crippen LogP contribution is 2.52. The third kappa shape index (κ3) is 11.9. The van der Waals surface area contributed by atoms with Gasteiger partial charge in [0.15, 0.2) is 0 Å². The van der Waals surface area contributed by atoms with Gasteiger partial charge in [0.2, 0.25) is 0 Å². The lowest BCUT2D eigenvalue weighted by Gasteiger charge is -2.25. The second kappa shape index (κ2) is 22.6. The Labute approximate surface area is 453 Å². The summed E-state index contributed by atoms with van der Waals surface area (Å²) in [4.78, 5) is 33.1. The van der Waals surface area contributed by atoms with E-state index >= 15 is 0 Å². The van der Waals surface area contributed by atoms with Crippen molar-refractivity contribution in [2.24, 2.45) is 0 Å². The van der Waals surface area contributed by atoms with Crippen LogP contribution in [0, 0.1) is 23.7 Å². The maximum atomic E-state index is 14.0. The summed E-state index contributed by atoms with van der Waals surface area (Å²) in [6, 6.07) is 40.5. The van der Waals surface area contributed by atoms with Gasteiger partial charge in [-0.05, 0) is 101 Å². The lowest BCUT2D eigenvalue weighted by atomic mass is 9.88. The first-order valence-electron chi connectivity index (χ1n) is 26.0. The van der Waals surface area contributed by atoms with Crippen molar-refractivity contribution in [1.82, 2.24) is 0 Å². The van der Waals surface area contributed by atoms with Crippen LogP contribution in [0.25, 0.3) is 64.6 Å². The highest BCUT2D eigenvalue weighted by molar-refractivity contribution is 7.48. The quantitative estimate of drug-likeness (QED) is 0.0262. The molecule has 410 valence electrons. The molecule has 0 amide bonds. The Morgan fingerprint density at radius 1 is 0.494 bits per heavy atom. The summed E-state index contributed by atoms with van der Waals surface area (Å²) in [6.07, 6.45) is -10.2. The highest BCUT2D eigenvalue weighted by atomic mass is 31.2. The second-order valence-corrected chi connectivity index (χ2v) is 24.3. The fraction of sp³-hybridized carbons (Fsp3) is 0.345. The third-order valence-corrected chi connectivity index (χ3v) is 17.9. The predicted octanol–water partition coefficient (Wildman–Crippen LogP) is 9.20. The standard InChI is InChI=1S/C58H55O18P3/c59-31-53-50(23-25-67-53)74-77(61,62)70-33-56-52(30-43(73-56)20-17-36-18-21-48-46-12-4-9-37-8-3-11-45(57(37)46)47-13-5-10-44(36)58(47)48)76-79(65,66)71-34-55-51(75-78(63,64)69-32-54-49(60)22-24-68-54)29-42(72-55)19-15-35-14-16-40-27-38-6-1-2-7-39(38)28-41(40)26-35/h1-14,16,18,21,26-28,42-43,49-56,59-60H,22-25,29-34H2,(H,61,62)(H,63,64)(H,65,66)/t42-,43-,49-,50-,51-,52-,53+,54+,55+,56+/m0/s1. The molecule has 3 unspecified atom stereocenters. The zero-order chi connectivity index (χ0) is 54.5. The molecule has 0 radical (unpaired) electrons. The molecule has 8 aromatic carbocycles. The SMILES string of the molecule is O=P(O)(OC[C@H]1O[C@@H](C#Cc2ccc3c4cccc5cccc(c6cccc2c63)c54)C[C@@H]1OP(=O)(O)OC[C@H]1O[C@@H](C#Cc2ccc3cc4ccccc4cc3c2)C[C@@H]1OP(=O)(O)OC[C@H]1OCC[C@@H]1O)O[C@H]1CCO[C@@H]1CO. The van der Waals surface area contributed by atoms with E-state index < -0.39 is 111 Å². The summed E-state index contributed by atoms with van der Waals surface area (Å²) >= 11 is 0. The normalized spacial score (nSPS) is 27.6. The van der Waals surface area contributed by atoms with Crippen LogP contribution in [-0.4, -0.2) is 126 Å². The number of benzene rings is 8. The van der Waals surface area contributed by atoms with Gasteiger partial charge in [0.25, 0.3) is 0 Å². The second-order valence-electron chi connectivity index (χ2n) is 20.1. The molecule has 0 saturated carbocycles. The zero-order valence-corrected chi connectivity index (χ0v) is 45.0. The van der Waals surface area contributed by atoms with Gasteiger partial charge < -0.3 is 43.8 Å². The minimum absolute atomic E-state index is 0.0827. The Kier molecular flexibility index (Phi) is 15.6. The number of ether oxygens (including phenoxy) is 4. The van der Waals surface area contributed by atoms with Crippen molar-refractivity contribution in [3.63, 3.8) is 0 Å². The topological polar surface area (TPSA) is 245 Å². The van der Waals surface area contributed by atoms with Gasteiger partial charge in [-0.1, -0.05) is 115 Å². The first kappa shape index (κ1) is 54.4. The molecule has 5 N–H and O–H groups in total. The van der Waals surface area contributed by atoms with Crippen LogP contribution in [0.15, 0.2) is 121 Å². The molecule has 0 bridgehead atoms. The van der Waals surface area contributed by atoms with Crippen LogP contribution in [0.4, 0.5) is 0 Å². The molecule has 4 aliphatic rings. The number of hydrogen-bond acceptors (Lipinski definition) is 15. The third-order valence-electron chi connectivity index (χ3n) is 14.9. The molecule has 0 spiro atoms. The van der Waals surface area contributed by atoms with Crippen molar-refractivity contribution >= 4 is 88.1 Å². The number of aliphatic hydroxyl groups is 2. The van der Waals surface area contributed by atoms with Gasteiger partial charge in [-0.3, -0.25) is 27.1 Å². The smallest absolute Gasteiger partial charge is 0.394 e. The van der Waals surface area contributed by atoms with Crippen molar-refractivity contribution < 1.29 is 84.7 Å². The Morgan fingerprint density at radius 3 is 1.62 bits per heavy atom. The number of hydrogen-bond donors (Lipinski definition) is 5. The molecule has 0 aliphatic carbocycles. The molecule has 4 heterocycles. The molecule has 12 rings (SSSR count). The minimum Gasteiger partial charge on any atom is -0.394 e. The summed E-state index contributed by atoms with van der Waals surface area (Å²) in [6.45, 7) is -1.84. The van der Waals surface area contributed by atoms with Crippen molar-refractivity contribution in [1.29, 1.82) is 0 Å². The van der Waals surface area contributed by atoms with Gasteiger partial charge in [-0.25, -0.2) is 13.7 Å².